The Hall–Kier alpha value is -0.0400. The topological polar surface area (TPSA) is 4.44 Å². The van der Waals surface area contributed by atoms with Crippen molar-refractivity contribution in [3.8, 4) is 0 Å². The fourth-order valence-corrected chi connectivity index (χ4v) is 0. The molecule has 0 saturated carbocycles. The van der Waals surface area contributed by atoms with Gasteiger partial charge in [0.2, 0.25) is 0 Å². The summed E-state index contributed by atoms with van der Waals surface area (Å²) >= 11 is 0. The molecule has 0 bridgehead atoms. The van der Waals surface area contributed by atoms with Crippen molar-refractivity contribution >= 4 is 0 Å². The molecule has 5 heavy (non-hydrogen) atoms. The minimum Gasteiger partial charge on any atom is -0.473 e. The highest BCUT2D eigenvalue weighted by Gasteiger charge is 1.50. The van der Waals surface area contributed by atoms with Crippen LogP contribution in [0.5, 0.6) is 0 Å². The summed E-state index contributed by atoms with van der Waals surface area (Å²) in [6.45, 7) is 0. The molecule has 0 radical (unpaired) electrons. The first kappa shape index (κ1) is 8.88. The molecular formula is C4H13N. The molecule has 0 aliphatic rings. The Labute approximate surface area is 34.6 Å². The zero-order valence-electron chi connectivity index (χ0n) is 3.21. The molecule has 0 atom stereocenters. The maximum atomic E-state index is 3.56. The van der Waals surface area contributed by atoms with Gasteiger partial charge in [-0.05, 0) is 0 Å². The third-order valence-electron chi connectivity index (χ3n) is 0. The van der Waals surface area contributed by atoms with Crippen molar-refractivity contribution in [3.05, 3.63) is 7.05 Å². The molecule has 0 heterocycles. The molecule has 0 fully saturated rings. The second-order valence-corrected chi connectivity index (χ2v) is 1.21. The average Bonchev–Trinajstić information content (AvgIpc) is 0.811. The van der Waals surface area contributed by atoms with Crippen molar-refractivity contribution < 1.29 is 4.90 Å². The average molecular weight is 75.2 g/mol. The van der Waals surface area contributed by atoms with E-state index in [-0.39, 0.29) is 7.43 Å². The molecule has 1 heteroatoms. The van der Waals surface area contributed by atoms with Crippen molar-refractivity contribution in [3.63, 3.8) is 0 Å². The van der Waals surface area contributed by atoms with Gasteiger partial charge in [-0.3, -0.25) is 0 Å². The Bertz CT molecular complexity index is 8.36. The molecule has 34 valence electrons. The molecule has 0 aromatic heterocycles. The lowest BCUT2D eigenvalue weighted by molar-refractivity contribution is -0.808. The lowest BCUT2D eigenvalue weighted by Gasteiger charge is -2.00. The van der Waals surface area contributed by atoms with E-state index < -0.39 is 0 Å². The predicted molar refractivity (Wildman–Crippen MR) is 24.9 cm³/mol. The number of nitrogens with one attached hydrogen (secondary N) is 1. The highest BCUT2D eigenvalue weighted by Crippen LogP contribution is 0.948. The first-order valence-corrected chi connectivity index (χ1v) is 1.35. The van der Waals surface area contributed by atoms with Crippen molar-refractivity contribution in [1.29, 1.82) is 0 Å². The van der Waals surface area contributed by atoms with E-state index in [9.17, 15) is 0 Å². The number of hydrogen-bond donors (Lipinski definition) is 1. The molecular weight excluding hydrogens is 62.1 g/mol. The van der Waals surface area contributed by atoms with Gasteiger partial charge in [0.1, 0.15) is 0 Å². The smallest absolute Gasteiger partial charge is 0.0421 e. The lowest BCUT2D eigenvalue weighted by Crippen LogP contribution is -2.99. The van der Waals surface area contributed by atoms with Crippen LogP contribution in [0.4, 0.5) is 0 Å². The van der Waals surface area contributed by atoms with E-state index in [1.165, 1.54) is 4.90 Å². The fraction of sp³-hybridized carbons (Fsp3) is 0.750. The van der Waals surface area contributed by atoms with E-state index in [0.29, 0.717) is 0 Å². The third kappa shape index (κ3) is 9510. The van der Waals surface area contributed by atoms with Crippen LogP contribution in [0.15, 0.2) is 0 Å². The third-order valence-corrected chi connectivity index (χ3v) is 0. The number of rotatable bonds is 0. The summed E-state index contributed by atoms with van der Waals surface area (Å²) in [7, 11) is 7.50. The van der Waals surface area contributed by atoms with Gasteiger partial charge < -0.3 is 4.90 Å². The summed E-state index contributed by atoms with van der Waals surface area (Å²) in [5, 5.41) is 0. The summed E-state index contributed by atoms with van der Waals surface area (Å²) in [5.41, 5.74) is 0. The normalized spacial score (nSPS) is 7.20. The Morgan fingerprint density at radius 3 is 1.40 bits per heavy atom. The monoisotopic (exact) mass is 75.1 g/mol. The van der Waals surface area contributed by atoms with Crippen molar-refractivity contribution in [2.24, 2.45) is 0 Å². The molecule has 0 aliphatic carbocycles. The SMILES string of the molecule is C.[CH2-][NH+](C)C. The quantitative estimate of drug-likeness (QED) is 0.372. The van der Waals surface area contributed by atoms with Crippen LogP contribution >= 0.6 is 0 Å². The van der Waals surface area contributed by atoms with Gasteiger partial charge in [-0.25, -0.2) is 0 Å². The van der Waals surface area contributed by atoms with Crippen molar-refractivity contribution in [2.75, 3.05) is 14.1 Å². The highest BCUT2D eigenvalue weighted by atomic mass is 15.0. The molecule has 0 saturated heterocycles. The molecule has 0 unspecified atom stereocenters. The second kappa shape index (κ2) is 3.96. The van der Waals surface area contributed by atoms with Crippen LogP contribution in [0.25, 0.3) is 0 Å². The number of hydrogen-bond acceptors (Lipinski definition) is 0. The second-order valence-electron chi connectivity index (χ2n) is 1.21. The van der Waals surface area contributed by atoms with Crippen LogP contribution in [0.2, 0.25) is 0 Å². The number of quaternary nitrogens is 1. The first-order chi connectivity index (χ1) is 1.73. The van der Waals surface area contributed by atoms with Gasteiger partial charge in [0.05, 0.1) is 0 Å². The molecule has 1 N–H and O–H groups in total. The molecule has 0 amide bonds. The molecule has 0 spiro atoms. The fourth-order valence-electron chi connectivity index (χ4n) is 0. The van der Waals surface area contributed by atoms with Crippen LogP contribution in [0.1, 0.15) is 7.43 Å². The minimum atomic E-state index is 0. The molecule has 1 nitrogen and oxygen atoms in total. The first-order valence-electron chi connectivity index (χ1n) is 1.35. The Morgan fingerprint density at radius 2 is 1.40 bits per heavy atom. The van der Waals surface area contributed by atoms with Crippen molar-refractivity contribution in [1.82, 2.24) is 0 Å². The zero-order valence-corrected chi connectivity index (χ0v) is 3.21. The summed E-state index contributed by atoms with van der Waals surface area (Å²) in [6.07, 6.45) is 0. The van der Waals surface area contributed by atoms with E-state index in [0.717, 1.165) is 0 Å². The maximum absolute atomic E-state index is 3.56. The lowest BCUT2D eigenvalue weighted by atomic mass is 11.0. The summed E-state index contributed by atoms with van der Waals surface area (Å²) in [6, 6.07) is 0. The summed E-state index contributed by atoms with van der Waals surface area (Å²) in [4.78, 5) is 1.17. The van der Waals surface area contributed by atoms with E-state index >= 15 is 0 Å². The Balaban J connectivity index is 0. The van der Waals surface area contributed by atoms with Gasteiger partial charge in [-0.15, -0.1) is 0 Å². The van der Waals surface area contributed by atoms with Gasteiger partial charge in [0.25, 0.3) is 0 Å². The standard InChI is InChI=1S/C3H9N.CH4/c1-4(2)3;/h4H,1H2,2-3H3;1H4. The van der Waals surface area contributed by atoms with E-state index in [1.807, 2.05) is 14.1 Å². The summed E-state index contributed by atoms with van der Waals surface area (Å²) < 4.78 is 0. The molecule has 0 aromatic rings. The molecule has 0 aliphatic heterocycles. The van der Waals surface area contributed by atoms with Crippen LogP contribution < -0.4 is 4.90 Å². The predicted octanol–water partition coefficient (Wildman–Crippen LogP) is -0.441. The van der Waals surface area contributed by atoms with Gasteiger partial charge >= 0.3 is 0 Å². The Morgan fingerprint density at radius 1 is 1.40 bits per heavy atom. The van der Waals surface area contributed by atoms with Crippen LogP contribution in [-0.4, -0.2) is 14.1 Å². The molecule has 0 rings (SSSR count). The minimum absolute atomic E-state index is 0. The van der Waals surface area contributed by atoms with E-state index in [1.54, 1.807) is 0 Å². The maximum Gasteiger partial charge on any atom is 0.0421 e. The van der Waals surface area contributed by atoms with E-state index in [4.69, 9.17) is 0 Å². The van der Waals surface area contributed by atoms with Gasteiger partial charge in [-0.2, -0.15) is 7.05 Å². The van der Waals surface area contributed by atoms with Crippen LogP contribution in [0.3, 0.4) is 0 Å². The highest BCUT2D eigenvalue weighted by molar-refractivity contribution is 3.79. The molecule has 0 aromatic carbocycles. The van der Waals surface area contributed by atoms with Crippen LogP contribution in [0, 0.1) is 7.05 Å². The van der Waals surface area contributed by atoms with Crippen molar-refractivity contribution in [2.45, 2.75) is 7.43 Å². The Kier molecular flexibility index (Phi) is 7.03. The van der Waals surface area contributed by atoms with Gasteiger partial charge in [0.15, 0.2) is 0 Å². The van der Waals surface area contributed by atoms with Crippen LogP contribution in [-0.2, 0) is 0 Å². The van der Waals surface area contributed by atoms with Gasteiger partial charge in [-0.1, -0.05) is 7.43 Å². The zero-order chi connectivity index (χ0) is 3.58. The summed E-state index contributed by atoms with van der Waals surface area (Å²) in [5.74, 6) is 0. The van der Waals surface area contributed by atoms with Gasteiger partial charge in [0, 0.05) is 14.1 Å². The van der Waals surface area contributed by atoms with E-state index in [2.05, 4.69) is 7.05 Å². The largest absolute Gasteiger partial charge is 0.473 e.